The van der Waals surface area contributed by atoms with E-state index in [-0.39, 0.29) is 17.1 Å². The Bertz CT molecular complexity index is 1310. The van der Waals surface area contributed by atoms with E-state index >= 15 is 0 Å². The van der Waals surface area contributed by atoms with Crippen molar-refractivity contribution in [1.29, 1.82) is 0 Å². The fourth-order valence-corrected chi connectivity index (χ4v) is 4.30. The van der Waals surface area contributed by atoms with Gasteiger partial charge in [0.2, 0.25) is 0 Å². The van der Waals surface area contributed by atoms with E-state index in [1.807, 2.05) is 41.1 Å². The summed E-state index contributed by atoms with van der Waals surface area (Å²) in [6.07, 6.45) is 4.33. The molecule has 1 aromatic carbocycles. The molecule has 0 saturated heterocycles. The van der Waals surface area contributed by atoms with Gasteiger partial charge in [0.05, 0.1) is 37.0 Å². The standard InChI is InChI=1S/C26H34N6O3/c1-6-9-23(24-28-29-30-32(24)26(3,4)7-2)31(17-21-10-8-13-35-21)16-19-14-18-11-12-20(34-5)15-22(18)27-25(19)33/h8,10-15,23H,6-7,9,16-17H2,1-5H3,(H,27,33)/t23-/m1/s1. The summed E-state index contributed by atoms with van der Waals surface area (Å²) >= 11 is 0. The van der Waals surface area contributed by atoms with Crippen LogP contribution >= 0.6 is 0 Å². The number of H-pyrrole nitrogens is 1. The maximum atomic E-state index is 13.1. The molecular weight excluding hydrogens is 444 g/mol. The van der Waals surface area contributed by atoms with Gasteiger partial charge in [0.15, 0.2) is 5.82 Å². The molecule has 9 heteroatoms. The van der Waals surface area contributed by atoms with E-state index in [1.54, 1.807) is 13.4 Å². The van der Waals surface area contributed by atoms with Gasteiger partial charge in [0, 0.05) is 18.2 Å². The molecule has 186 valence electrons. The molecule has 0 bridgehead atoms. The first-order valence-electron chi connectivity index (χ1n) is 12.1. The molecule has 4 rings (SSSR count). The summed E-state index contributed by atoms with van der Waals surface area (Å²) < 4.78 is 12.9. The number of methoxy groups -OCH3 is 1. The van der Waals surface area contributed by atoms with Crippen LogP contribution in [0.2, 0.25) is 0 Å². The van der Waals surface area contributed by atoms with Crippen LogP contribution in [0.1, 0.15) is 70.1 Å². The molecule has 0 aliphatic rings. The van der Waals surface area contributed by atoms with Gasteiger partial charge in [-0.25, -0.2) is 4.68 Å². The van der Waals surface area contributed by atoms with Crippen LogP contribution in [-0.4, -0.2) is 37.2 Å². The zero-order valence-corrected chi connectivity index (χ0v) is 21.1. The number of nitrogens with one attached hydrogen (secondary N) is 1. The van der Waals surface area contributed by atoms with E-state index in [0.717, 1.165) is 41.8 Å². The molecule has 1 N–H and O–H groups in total. The summed E-state index contributed by atoms with van der Waals surface area (Å²) in [5.74, 6) is 2.32. The largest absolute Gasteiger partial charge is 0.497 e. The number of pyridine rings is 1. The number of tetrazole rings is 1. The molecule has 0 unspecified atom stereocenters. The van der Waals surface area contributed by atoms with E-state index in [4.69, 9.17) is 9.15 Å². The average Bonchev–Trinajstić information content (AvgIpc) is 3.55. The molecule has 0 amide bonds. The molecule has 3 aromatic heterocycles. The lowest BCUT2D eigenvalue weighted by molar-refractivity contribution is 0.135. The third-order valence-corrected chi connectivity index (χ3v) is 6.68. The lowest BCUT2D eigenvalue weighted by Crippen LogP contribution is -2.36. The predicted octanol–water partition coefficient (Wildman–Crippen LogP) is 4.80. The number of hydrogen-bond acceptors (Lipinski definition) is 7. The van der Waals surface area contributed by atoms with Crippen molar-refractivity contribution in [2.24, 2.45) is 0 Å². The predicted molar refractivity (Wildman–Crippen MR) is 134 cm³/mol. The van der Waals surface area contributed by atoms with Crippen molar-refractivity contribution in [3.05, 3.63) is 70.2 Å². The fraction of sp³-hybridized carbons (Fsp3) is 0.462. The van der Waals surface area contributed by atoms with Crippen LogP contribution in [0.5, 0.6) is 5.75 Å². The topological polar surface area (TPSA) is 102 Å². The minimum atomic E-state index is -0.235. The van der Waals surface area contributed by atoms with Crippen molar-refractivity contribution >= 4 is 10.9 Å². The van der Waals surface area contributed by atoms with Crippen molar-refractivity contribution in [3.8, 4) is 5.75 Å². The summed E-state index contributed by atoms with van der Waals surface area (Å²) in [7, 11) is 1.61. The zero-order chi connectivity index (χ0) is 25.0. The SMILES string of the molecule is CCC[C@H](c1nnnn1C(C)(C)CC)N(Cc1ccco1)Cc1cc2ccc(OC)cc2[nH]c1=O. The minimum absolute atomic E-state index is 0.100. The van der Waals surface area contributed by atoms with Gasteiger partial charge in [-0.3, -0.25) is 9.69 Å². The molecule has 0 radical (unpaired) electrons. The maximum Gasteiger partial charge on any atom is 0.252 e. The molecule has 0 spiro atoms. The number of fused-ring (bicyclic) bond motifs is 1. The average molecular weight is 479 g/mol. The van der Waals surface area contributed by atoms with E-state index in [2.05, 4.69) is 53.1 Å². The highest BCUT2D eigenvalue weighted by Gasteiger charge is 2.32. The lowest BCUT2D eigenvalue weighted by atomic mass is 10.0. The van der Waals surface area contributed by atoms with Crippen LogP contribution in [0.25, 0.3) is 10.9 Å². The third-order valence-electron chi connectivity index (χ3n) is 6.68. The van der Waals surface area contributed by atoms with E-state index in [0.29, 0.717) is 24.4 Å². The second-order valence-corrected chi connectivity index (χ2v) is 9.48. The van der Waals surface area contributed by atoms with Crippen LogP contribution in [0, 0.1) is 0 Å². The number of furan rings is 1. The van der Waals surface area contributed by atoms with Crippen LogP contribution in [0.4, 0.5) is 0 Å². The van der Waals surface area contributed by atoms with E-state index in [1.165, 1.54) is 0 Å². The van der Waals surface area contributed by atoms with Gasteiger partial charge >= 0.3 is 0 Å². The summed E-state index contributed by atoms with van der Waals surface area (Å²) in [5, 5.41) is 13.8. The normalized spacial score (nSPS) is 13.0. The first-order valence-corrected chi connectivity index (χ1v) is 12.1. The number of aromatic amines is 1. The molecule has 0 fully saturated rings. The minimum Gasteiger partial charge on any atom is -0.497 e. The quantitative estimate of drug-likeness (QED) is 0.330. The van der Waals surface area contributed by atoms with Gasteiger partial charge in [-0.05, 0) is 72.8 Å². The highest BCUT2D eigenvalue weighted by Crippen LogP contribution is 2.31. The summed E-state index contributed by atoms with van der Waals surface area (Å²) in [6, 6.07) is 11.4. The Kier molecular flexibility index (Phi) is 7.35. The molecular formula is C26H34N6O3. The fourth-order valence-electron chi connectivity index (χ4n) is 4.30. The monoisotopic (exact) mass is 478 g/mol. The number of nitrogens with zero attached hydrogens (tertiary/aromatic N) is 5. The maximum absolute atomic E-state index is 13.1. The van der Waals surface area contributed by atoms with Crippen LogP contribution < -0.4 is 10.3 Å². The number of benzene rings is 1. The molecule has 0 saturated carbocycles. The van der Waals surface area contributed by atoms with Crippen LogP contribution in [0.15, 0.2) is 51.9 Å². The van der Waals surface area contributed by atoms with Gasteiger partial charge in [-0.2, -0.15) is 0 Å². The van der Waals surface area contributed by atoms with Crippen molar-refractivity contribution in [3.63, 3.8) is 0 Å². The smallest absolute Gasteiger partial charge is 0.252 e. The molecule has 35 heavy (non-hydrogen) atoms. The summed E-state index contributed by atoms with van der Waals surface area (Å²) in [6.45, 7) is 9.49. The number of aromatic nitrogens is 5. The summed E-state index contributed by atoms with van der Waals surface area (Å²) in [4.78, 5) is 18.4. The molecule has 3 heterocycles. The summed E-state index contributed by atoms with van der Waals surface area (Å²) in [5.41, 5.74) is 1.05. The number of hydrogen-bond donors (Lipinski definition) is 1. The first-order chi connectivity index (χ1) is 16.9. The van der Waals surface area contributed by atoms with E-state index in [9.17, 15) is 4.79 Å². The van der Waals surface area contributed by atoms with Gasteiger partial charge in [-0.1, -0.05) is 20.3 Å². The lowest BCUT2D eigenvalue weighted by Gasteiger charge is -2.33. The van der Waals surface area contributed by atoms with Crippen molar-refractivity contribution in [1.82, 2.24) is 30.1 Å². The van der Waals surface area contributed by atoms with E-state index < -0.39 is 0 Å². The van der Waals surface area contributed by atoms with Crippen LogP contribution in [-0.2, 0) is 18.6 Å². The van der Waals surface area contributed by atoms with Crippen molar-refractivity contribution in [2.45, 2.75) is 71.6 Å². The third kappa shape index (κ3) is 5.30. The second kappa shape index (κ2) is 10.4. The Hall–Kier alpha value is -3.46. The zero-order valence-electron chi connectivity index (χ0n) is 21.1. The molecule has 0 aliphatic carbocycles. The highest BCUT2D eigenvalue weighted by molar-refractivity contribution is 5.80. The first kappa shape index (κ1) is 24.7. The Balaban J connectivity index is 1.76. The van der Waals surface area contributed by atoms with Crippen LogP contribution in [0.3, 0.4) is 0 Å². The highest BCUT2D eigenvalue weighted by atomic mass is 16.5. The second-order valence-electron chi connectivity index (χ2n) is 9.48. The Labute approximate surface area is 205 Å². The Morgan fingerprint density at radius 1 is 1.20 bits per heavy atom. The van der Waals surface area contributed by atoms with Gasteiger partial charge in [0.1, 0.15) is 11.5 Å². The van der Waals surface area contributed by atoms with Crippen molar-refractivity contribution < 1.29 is 9.15 Å². The van der Waals surface area contributed by atoms with Gasteiger partial charge in [0.25, 0.3) is 5.56 Å². The molecule has 1 atom stereocenters. The molecule has 4 aromatic rings. The van der Waals surface area contributed by atoms with Crippen molar-refractivity contribution in [2.75, 3.05) is 7.11 Å². The Morgan fingerprint density at radius 3 is 2.71 bits per heavy atom. The van der Waals surface area contributed by atoms with Gasteiger partial charge in [-0.15, -0.1) is 5.10 Å². The molecule has 9 nitrogen and oxygen atoms in total. The molecule has 0 aliphatic heterocycles. The Morgan fingerprint density at radius 2 is 2.03 bits per heavy atom. The number of rotatable bonds is 11. The number of ether oxygens (including phenoxy) is 1. The van der Waals surface area contributed by atoms with Gasteiger partial charge < -0.3 is 14.1 Å².